The van der Waals surface area contributed by atoms with Crippen molar-refractivity contribution in [2.45, 2.75) is 45.3 Å². The third kappa shape index (κ3) is 5.18. The lowest BCUT2D eigenvalue weighted by molar-refractivity contribution is -0.140. The number of nitrogens with one attached hydrogen (secondary N) is 1. The zero-order valence-corrected chi connectivity index (χ0v) is 17.5. The van der Waals surface area contributed by atoms with E-state index in [0.717, 1.165) is 29.7 Å². The molecule has 0 aromatic heterocycles. The molecule has 166 valence electrons. The van der Waals surface area contributed by atoms with Crippen LogP contribution >= 0.6 is 11.6 Å². The topological polar surface area (TPSA) is 49.4 Å². The molecule has 1 aliphatic heterocycles. The summed E-state index contributed by atoms with van der Waals surface area (Å²) in [5, 5.41) is 2.89. The van der Waals surface area contributed by atoms with Gasteiger partial charge in [0.1, 0.15) is 5.82 Å². The fraction of sp³-hybridized carbons (Fsp3) is 0.364. The summed E-state index contributed by atoms with van der Waals surface area (Å²) >= 11 is 6.26. The first-order chi connectivity index (χ1) is 14.6. The highest BCUT2D eigenvalue weighted by atomic mass is 35.5. The van der Waals surface area contributed by atoms with Crippen LogP contribution in [0.3, 0.4) is 0 Å². The zero-order chi connectivity index (χ0) is 22.8. The van der Waals surface area contributed by atoms with Crippen LogP contribution in [0.15, 0.2) is 30.3 Å². The highest BCUT2D eigenvalue weighted by molar-refractivity contribution is 6.34. The molecule has 0 saturated carbocycles. The Hall–Kier alpha value is -2.61. The van der Waals surface area contributed by atoms with Crippen LogP contribution in [0.2, 0.25) is 5.02 Å². The molecule has 0 saturated heterocycles. The summed E-state index contributed by atoms with van der Waals surface area (Å²) in [7, 11) is 0. The molecule has 2 aromatic carbocycles. The predicted octanol–water partition coefficient (Wildman–Crippen LogP) is 5.36. The third-order valence-corrected chi connectivity index (χ3v) is 5.48. The van der Waals surface area contributed by atoms with Gasteiger partial charge in [-0.15, -0.1) is 0 Å². The van der Waals surface area contributed by atoms with Crippen LogP contribution in [0.4, 0.5) is 23.2 Å². The Morgan fingerprint density at radius 3 is 2.61 bits per heavy atom. The number of hydrogen-bond donors (Lipinski definition) is 1. The van der Waals surface area contributed by atoms with Crippen molar-refractivity contribution in [1.29, 1.82) is 0 Å². The number of amides is 2. The van der Waals surface area contributed by atoms with Gasteiger partial charge in [0.15, 0.2) is 0 Å². The van der Waals surface area contributed by atoms with Crippen LogP contribution in [0.1, 0.15) is 42.0 Å². The van der Waals surface area contributed by atoms with Crippen molar-refractivity contribution in [3.8, 4) is 0 Å². The normalized spacial score (nSPS) is 13.7. The van der Waals surface area contributed by atoms with Crippen molar-refractivity contribution in [2.75, 3.05) is 11.9 Å². The fourth-order valence-electron chi connectivity index (χ4n) is 3.64. The standard InChI is InChI=1S/C22H21ClF4N2O2/c1-2-4-19(31)29-10-9-15-14(12-29)7-8-17(23)21(15)28-18(30)11-13-5-3-6-16(20(13)24)22(25,26)27/h3,5-8H,2,4,9-12H2,1H3,(H,28,30). The molecule has 31 heavy (non-hydrogen) atoms. The van der Waals surface area contributed by atoms with E-state index in [1.165, 1.54) is 0 Å². The Balaban J connectivity index is 1.79. The predicted molar refractivity (Wildman–Crippen MR) is 109 cm³/mol. The summed E-state index contributed by atoms with van der Waals surface area (Å²) in [5.74, 6) is -2.09. The summed E-state index contributed by atoms with van der Waals surface area (Å²) in [5.41, 5.74) is 0.181. The van der Waals surface area contributed by atoms with Gasteiger partial charge in [0.2, 0.25) is 11.8 Å². The Morgan fingerprint density at radius 2 is 1.94 bits per heavy atom. The van der Waals surface area contributed by atoms with Gasteiger partial charge >= 0.3 is 6.18 Å². The third-order valence-electron chi connectivity index (χ3n) is 5.17. The maximum atomic E-state index is 14.2. The number of hydrogen-bond acceptors (Lipinski definition) is 2. The highest BCUT2D eigenvalue weighted by Crippen LogP contribution is 2.34. The molecule has 2 aromatic rings. The van der Waals surface area contributed by atoms with Crippen LogP contribution in [0.5, 0.6) is 0 Å². The van der Waals surface area contributed by atoms with E-state index >= 15 is 0 Å². The molecule has 0 atom stereocenters. The van der Waals surface area contributed by atoms with Gasteiger partial charge in [-0.05, 0) is 41.7 Å². The average Bonchev–Trinajstić information content (AvgIpc) is 2.70. The van der Waals surface area contributed by atoms with Crippen molar-refractivity contribution in [3.63, 3.8) is 0 Å². The molecule has 0 spiro atoms. The summed E-state index contributed by atoms with van der Waals surface area (Å²) < 4.78 is 53.0. The van der Waals surface area contributed by atoms with Crippen LogP contribution < -0.4 is 5.32 Å². The van der Waals surface area contributed by atoms with E-state index in [0.29, 0.717) is 37.7 Å². The van der Waals surface area contributed by atoms with E-state index in [9.17, 15) is 27.2 Å². The first-order valence-electron chi connectivity index (χ1n) is 9.84. The molecule has 4 nitrogen and oxygen atoms in total. The van der Waals surface area contributed by atoms with Gasteiger partial charge in [-0.1, -0.05) is 36.7 Å². The van der Waals surface area contributed by atoms with E-state index in [-0.39, 0.29) is 16.5 Å². The largest absolute Gasteiger partial charge is 0.419 e. The van der Waals surface area contributed by atoms with E-state index in [4.69, 9.17) is 11.6 Å². The molecular weight excluding hydrogens is 436 g/mol. The van der Waals surface area contributed by atoms with Gasteiger partial charge in [-0.25, -0.2) is 4.39 Å². The van der Waals surface area contributed by atoms with E-state index in [1.54, 1.807) is 17.0 Å². The number of carbonyl (C=O) groups excluding carboxylic acids is 2. The molecule has 3 rings (SSSR count). The molecule has 9 heteroatoms. The van der Waals surface area contributed by atoms with E-state index in [1.807, 2.05) is 6.92 Å². The molecular formula is C22H21ClF4N2O2. The summed E-state index contributed by atoms with van der Waals surface area (Å²) in [4.78, 5) is 26.4. The van der Waals surface area contributed by atoms with Crippen molar-refractivity contribution in [2.24, 2.45) is 0 Å². The molecule has 1 heterocycles. The van der Waals surface area contributed by atoms with Crippen molar-refractivity contribution >= 4 is 29.1 Å². The quantitative estimate of drug-likeness (QED) is 0.615. The molecule has 1 N–H and O–H groups in total. The lowest BCUT2D eigenvalue weighted by atomic mass is 9.97. The van der Waals surface area contributed by atoms with Gasteiger partial charge in [-0.2, -0.15) is 13.2 Å². The van der Waals surface area contributed by atoms with Gasteiger partial charge < -0.3 is 10.2 Å². The minimum absolute atomic E-state index is 0.0497. The second-order valence-corrected chi connectivity index (χ2v) is 7.78. The number of benzene rings is 2. The lowest BCUT2D eigenvalue weighted by Gasteiger charge is -2.30. The first-order valence-corrected chi connectivity index (χ1v) is 10.2. The fourth-order valence-corrected chi connectivity index (χ4v) is 3.86. The van der Waals surface area contributed by atoms with Crippen LogP contribution in [0.25, 0.3) is 0 Å². The minimum atomic E-state index is -4.85. The number of fused-ring (bicyclic) bond motifs is 1. The molecule has 1 aliphatic rings. The van der Waals surface area contributed by atoms with Crippen molar-refractivity contribution < 1.29 is 27.2 Å². The van der Waals surface area contributed by atoms with E-state index < -0.39 is 29.9 Å². The Kier molecular flexibility index (Phi) is 6.89. The average molecular weight is 457 g/mol. The Morgan fingerprint density at radius 1 is 1.19 bits per heavy atom. The van der Waals surface area contributed by atoms with Gasteiger partial charge in [-0.3, -0.25) is 9.59 Å². The van der Waals surface area contributed by atoms with Gasteiger partial charge in [0.25, 0.3) is 0 Å². The maximum absolute atomic E-state index is 14.2. The van der Waals surface area contributed by atoms with Crippen LogP contribution in [0, 0.1) is 5.82 Å². The number of nitrogens with zero attached hydrogens (tertiary/aromatic N) is 1. The van der Waals surface area contributed by atoms with Crippen molar-refractivity contribution in [3.05, 3.63) is 63.4 Å². The number of halogens is 5. The number of anilines is 1. The minimum Gasteiger partial charge on any atom is -0.338 e. The molecule has 0 radical (unpaired) electrons. The van der Waals surface area contributed by atoms with Gasteiger partial charge in [0.05, 0.1) is 22.7 Å². The summed E-state index contributed by atoms with van der Waals surface area (Å²) in [6, 6.07) is 6.21. The lowest BCUT2D eigenvalue weighted by Crippen LogP contribution is -2.36. The smallest absolute Gasteiger partial charge is 0.338 e. The molecule has 0 fully saturated rings. The number of rotatable bonds is 5. The molecule has 0 aliphatic carbocycles. The maximum Gasteiger partial charge on any atom is 0.419 e. The first kappa shape index (κ1) is 23.1. The number of carbonyl (C=O) groups is 2. The van der Waals surface area contributed by atoms with Crippen LogP contribution in [-0.4, -0.2) is 23.3 Å². The monoisotopic (exact) mass is 456 g/mol. The number of alkyl halides is 3. The molecule has 0 bridgehead atoms. The van der Waals surface area contributed by atoms with Crippen LogP contribution in [-0.2, 0) is 35.2 Å². The highest BCUT2D eigenvalue weighted by Gasteiger charge is 2.35. The Labute approximate surface area is 182 Å². The van der Waals surface area contributed by atoms with E-state index in [2.05, 4.69) is 5.32 Å². The SMILES string of the molecule is CCCC(=O)N1CCc2c(ccc(Cl)c2NC(=O)Cc2cccc(C(F)(F)F)c2F)C1. The second-order valence-electron chi connectivity index (χ2n) is 7.38. The molecule has 2 amide bonds. The molecule has 0 unspecified atom stereocenters. The Bertz CT molecular complexity index is 1010. The van der Waals surface area contributed by atoms with Crippen molar-refractivity contribution in [1.82, 2.24) is 4.90 Å². The van der Waals surface area contributed by atoms with Gasteiger partial charge in [0, 0.05) is 19.5 Å². The zero-order valence-electron chi connectivity index (χ0n) is 16.8. The second kappa shape index (κ2) is 9.26. The summed E-state index contributed by atoms with van der Waals surface area (Å²) in [6.45, 7) is 2.78. The summed E-state index contributed by atoms with van der Waals surface area (Å²) in [6.07, 6.45) is -3.75.